The third kappa shape index (κ3) is 4.06. The smallest absolute Gasteiger partial charge is 0.340 e. The predicted octanol–water partition coefficient (Wildman–Crippen LogP) is 2.29. The van der Waals surface area contributed by atoms with Gasteiger partial charge in [0.15, 0.2) is 23.9 Å². The van der Waals surface area contributed by atoms with E-state index in [2.05, 4.69) is 4.98 Å². The highest BCUT2D eigenvalue weighted by atomic mass is 16.5. The fourth-order valence-corrected chi connectivity index (χ4v) is 2.26. The third-order valence-corrected chi connectivity index (χ3v) is 3.59. The highest BCUT2D eigenvalue weighted by molar-refractivity contribution is 5.99. The van der Waals surface area contributed by atoms with E-state index < -0.39 is 5.97 Å². The molecule has 7 heteroatoms. The number of fused-ring (bicyclic) bond motifs is 1. The number of ketones is 1. The zero-order valence-corrected chi connectivity index (χ0v) is 13.7. The van der Waals surface area contributed by atoms with Crippen molar-refractivity contribution in [1.29, 1.82) is 0 Å². The molecule has 2 heterocycles. The monoisotopic (exact) mass is 343 g/mol. The molecule has 0 unspecified atom stereocenters. The lowest BCUT2D eigenvalue weighted by molar-refractivity contribution is 0.0474. The van der Waals surface area contributed by atoms with E-state index >= 15 is 0 Å². The van der Waals surface area contributed by atoms with Gasteiger partial charge in [-0.25, -0.2) is 9.78 Å². The number of carbonyl (C=O) groups is 2. The van der Waals surface area contributed by atoms with Crippen LogP contribution in [0.3, 0.4) is 0 Å². The minimum absolute atomic E-state index is 0.243. The molecule has 0 bridgehead atoms. The van der Waals surface area contributed by atoms with E-state index in [1.807, 2.05) is 0 Å². The Kier molecular flexibility index (Phi) is 5.13. The van der Waals surface area contributed by atoms with Crippen molar-refractivity contribution in [2.75, 3.05) is 26.9 Å². The molecule has 0 saturated heterocycles. The number of carbonyl (C=O) groups excluding carboxylic acids is 2. The Labute approximate surface area is 144 Å². The molecule has 0 atom stereocenters. The fourth-order valence-electron chi connectivity index (χ4n) is 2.26. The number of aromatic nitrogens is 1. The molecule has 0 spiro atoms. The molecular weight excluding hydrogens is 326 g/mol. The lowest BCUT2D eigenvalue weighted by Gasteiger charge is -2.09. The first-order valence-electron chi connectivity index (χ1n) is 7.77. The van der Waals surface area contributed by atoms with Crippen LogP contribution in [0, 0.1) is 0 Å². The summed E-state index contributed by atoms with van der Waals surface area (Å²) >= 11 is 0. The summed E-state index contributed by atoms with van der Waals surface area (Å²) in [6.07, 6.45) is 2.12. The maximum Gasteiger partial charge on any atom is 0.340 e. The largest absolute Gasteiger partial charge is 0.490 e. The van der Waals surface area contributed by atoms with Gasteiger partial charge in [0, 0.05) is 24.2 Å². The summed E-state index contributed by atoms with van der Waals surface area (Å²) in [5, 5.41) is 0. The summed E-state index contributed by atoms with van der Waals surface area (Å²) in [6.45, 7) is 0.739. The van der Waals surface area contributed by atoms with Crippen LogP contribution in [-0.4, -0.2) is 43.7 Å². The summed E-state index contributed by atoms with van der Waals surface area (Å²) in [7, 11) is 1.48. The molecule has 0 fully saturated rings. The summed E-state index contributed by atoms with van der Waals surface area (Å²) in [5.74, 6) is 0.563. The van der Waals surface area contributed by atoms with E-state index in [0.29, 0.717) is 36.2 Å². The number of hydrogen-bond acceptors (Lipinski definition) is 7. The Morgan fingerprint density at radius 1 is 1.08 bits per heavy atom. The number of hydrogen-bond donors (Lipinski definition) is 0. The van der Waals surface area contributed by atoms with Gasteiger partial charge in [0.1, 0.15) is 0 Å². The molecule has 1 aliphatic rings. The van der Waals surface area contributed by atoms with Crippen molar-refractivity contribution in [3.05, 3.63) is 47.7 Å². The van der Waals surface area contributed by atoms with Crippen LogP contribution >= 0.6 is 0 Å². The quantitative estimate of drug-likeness (QED) is 0.608. The molecule has 0 saturated carbocycles. The van der Waals surface area contributed by atoms with E-state index in [9.17, 15) is 9.59 Å². The summed E-state index contributed by atoms with van der Waals surface area (Å²) in [4.78, 5) is 28.1. The van der Waals surface area contributed by atoms with E-state index in [1.165, 1.54) is 19.4 Å². The Balaban J connectivity index is 1.62. The number of methoxy groups -OCH3 is 1. The van der Waals surface area contributed by atoms with Crippen LogP contribution in [0.4, 0.5) is 0 Å². The Bertz CT molecular complexity index is 772. The minimum Gasteiger partial charge on any atom is -0.490 e. The molecule has 0 N–H and O–H groups in total. The highest BCUT2D eigenvalue weighted by Gasteiger charge is 2.16. The SMILES string of the molecule is COc1ccc(C(=O)OCC(=O)c2ccc3c(c2)OCCCO3)cn1. The number of nitrogens with zero attached hydrogens (tertiary/aromatic N) is 1. The van der Waals surface area contributed by atoms with Gasteiger partial charge in [0.05, 0.1) is 25.9 Å². The summed E-state index contributed by atoms with van der Waals surface area (Å²) < 4.78 is 21.0. The van der Waals surface area contributed by atoms with Gasteiger partial charge in [-0.15, -0.1) is 0 Å². The Hall–Kier alpha value is -3.09. The first-order chi connectivity index (χ1) is 12.2. The molecule has 0 aliphatic carbocycles. The molecule has 1 aliphatic heterocycles. The lowest BCUT2D eigenvalue weighted by Crippen LogP contribution is -2.14. The van der Waals surface area contributed by atoms with Crippen molar-refractivity contribution in [2.45, 2.75) is 6.42 Å². The van der Waals surface area contributed by atoms with Gasteiger partial charge >= 0.3 is 5.97 Å². The molecule has 3 rings (SSSR count). The third-order valence-electron chi connectivity index (χ3n) is 3.59. The van der Waals surface area contributed by atoms with Crippen molar-refractivity contribution in [3.8, 4) is 17.4 Å². The Morgan fingerprint density at radius 2 is 1.84 bits per heavy atom. The zero-order chi connectivity index (χ0) is 17.6. The number of esters is 1. The normalized spacial score (nSPS) is 12.8. The van der Waals surface area contributed by atoms with Crippen LogP contribution in [0.5, 0.6) is 17.4 Å². The second kappa shape index (κ2) is 7.65. The Morgan fingerprint density at radius 3 is 2.56 bits per heavy atom. The molecular formula is C18H17NO6. The highest BCUT2D eigenvalue weighted by Crippen LogP contribution is 2.30. The predicted molar refractivity (Wildman–Crippen MR) is 87.5 cm³/mol. The topological polar surface area (TPSA) is 84.0 Å². The number of rotatable bonds is 5. The lowest BCUT2D eigenvalue weighted by atomic mass is 10.1. The summed E-state index contributed by atoms with van der Waals surface area (Å²) in [5.41, 5.74) is 0.636. The average Bonchev–Trinajstić information content (AvgIpc) is 2.90. The van der Waals surface area contributed by atoms with Gasteiger partial charge < -0.3 is 18.9 Å². The molecule has 0 amide bonds. The van der Waals surface area contributed by atoms with E-state index in [1.54, 1.807) is 24.3 Å². The molecule has 7 nitrogen and oxygen atoms in total. The molecule has 25 heavy (non-hydrogen) atoms. The maximum atomic E-state index is 12.2. The van der Waals surface area contributed by atoms with E-state index in [4.69, 9.17) is 18.9 Å². The second-order valence-corrected chi connectivity index (χ2v) is 5.30. The first kappa shape index (κ1) is 16.8. The van der Waals surface area contributed by atoms with Crippen molar-refractivity contribution in [2.24, 2.45) is 0 Å². The first-order valence-corrected chi connectivity index (χ1v) is 7.77. The number of ether oxygens (including phenoxy) is 4. The van der Waals surface area contributed by atoms with Gasteiger partial charge in [-0.3, -0.25) is 4.79 Å². The fraction of sp³-hybridized carbons (Fsp3) is 0.278. The molecule has 1 aromatic carbocycles. The van der Waals surface area contributed by atoms with Crippen LogP contribution in [0.15, 0.2) is 36.5 Å². The average molecular weight is 343 g/mol. The minimum atomic E-state index is -0.627. The van der Waals surface area contributed by atoms with Crippen LogP contribution in [0.25, 0.3) is 0 Å². The number of pyridine rings is 1. The van der Waals surface area contributed by atoms with Gasteiger partial charge in [0.25, 0.3) is 0 Å². The molecule has 1 aromatic heterocycles. The van der Waals surface area contributed by atoms with Crippen molar-refractivity contribution in [1.82, 2.24) is 4.98 Å². The van der Waals surface area contributed by atoms with Crippen LogP contribution in [0.1, 0.15) is 27.1 Å². The van der Waals surface area contributed by atoms with Crippen LogP contribution < -0.4 is 14.2 Å². The van der Waals surface area contributed by atoms with E-state index in [-0.39, 0.29) is 18.0 Å². The van der Waals surface area contributed by atoms with Gasteiger partial charge in [-0.2, -0.15) is 0 Å². The standard InChI is InChI=1S/C18H17NO6/c1-22-17-6-4-13(10-19-17)18(21)25-11-14(20)12-3-5-15-16(9-12)24-8-2-7-23-15/h3-6,9-10H,2,7-8,11H2,1H3. The zero-order valence-electron chi connectivity index (χ0n) is 13.7. The molecule has 130 valence electrons. The second-order valence-electron chi connectivity index (χ2n) is 5.30. The van der Waals surface area contributed by atoms with Crippen LogP contribution in [0.2, 0.25) is 0 Å². The van der Waals surface area contributed by atoms with E-state index in [0.717, 1.165) is 6.42 Å². The maximum absolute atomic E-state index is 12.2. The number of Topliss-reactive ketones (excluding diaryl/α,β-unsaturated/α-hetero) is 1. The van der Waals surface area contributed by atoms with Gasteiger partial charge in [-0.05, 0) is 24.3 Å². The van der Waals surface area contributed by atoms with Gasteiger partial charge in [0.2, 0.25) is 5.88 Å². The van der Waals surface area contributed by atoms with Gasteiger partial charge in [-0.1, -0.05) is 0 Å². The molecule has 0 radical (unpaired) electrons. The van der Waals surface area contributed by atoms with Crippen molar-refractivity contribution in [3.63, 3.8) is 0 Å². The molecule has 2 aromatic rings. The number of benzene rings is 1. The summed E-state index contributed by atoms with van der Waals surface area (Å²) in [6, 6.07) is 7.97. The van der Waals surface area contributed by atoms with Crippen molar-refractivity contribution >= 4 is 11.8 Å². The van der Waals surface area contributed by atoms with Crippen molar-refractivity contribution < 1.29 is 28.5 Å². The van der Waals surface area contributed by atoms with Crippen LogP contribution in [-0.2, 0) is 4.74 Å².